The van der Waals surface area contributed by atoms with Gasteiger partial charge in [0.2, 0.25) is 0 Å². The summed E-state index contributed by atoms with van der Waals surface area (Å²) in [5, 5.41) is 3.05. The smallest absolute Gasteiger partial charge is 0.165 e. The lowest BCUT2D eigenvalue weighted by atomic mass is 10.4. The van der Waals surface area contributed by atoms with Crippen LogP contribution in [-0.2, 0) is 0 Å². The Kier molecular flexibility index (Phi) is 1.68. The molecule has 0 saturated heterocycles. The first kappa shape index (κ1) is 5.09. The van der Waals surface area contributed by atoms with Crippen LogP contribution in [0.5, 0.6) is 0 Å². The second-order valence-corrected chi connectivity index (χ2v) is 2.20. The summed E-state index contributed by atoms with van der Waals surface area (Å²) in [6.45, 7) is 2.03. The average molecular weight is 163 g/mol. The van der Waals surface area contributed by atoms with Crippen LogP contribution in [-0.4, -0.2) is 17.8 Å². The van der Waals surface area contributed by atoms with Gasteiger partial charge in [-0.25, -0.2) is 0 Å². The third-order valence-electron chi connectivity index (χ3n) is 0.856. The molecule has 1 rings (SSSR count). The van der Waals surface area contributed by atoms with Crippen molar-refractivity contribution >= 4 is 20.7 Å². The Labute approximate surface area is 51.1 Å². The lowest BCUT2D eigenvalue weighted by molar-refractivity contribution is 0.752. The molecule has 0 amide bonds. The molecule has 0 unspecified atom stereocenters. The Morgan fingerprint density at radius 2 is 2.57 bits per heavy atom. The Balaban J connectivity index is 2.40. The third-order valence-corrected chi connectivity index (χ3v) is 1.39. The first-order valence-corrected chi connectivity index (χ1v) is 3.13. The van der Waals surface area contributed by atoms with Gasteiger partial charge in [0.05, 0.1) is 0 Å². The molecule has 1 heterocycles. The number of nitrogens with zero attached hydrogens (tertiary/aromatic N) is 1. The number of amidine groups is 1. The first-order valence-electron chi connectivity index (χ1n) is 2.33. The molecule has 0 aromatic carbocycles. The summed E-state index contributed by atoms with van der Waals surface area (Å²) in [6.07, 6.45) is 1.16. The number of hydrogen-bond acceptors (Lipinski definition) is 2. The van der Waals surface area contributed by atoms with Gasteiger partial charge in [0.25, 0.3) is 0 Å². The molecule has 0 aromatic heterocycles. The molecule has 0 bridgehead atoms. The Morgan fingerprint density at radius 3 is 2.86 bits per heavy atom. The predicted octanol–water partition coefficient (Wildman–Crippen LogP) is 0.731. The zero-order valence-corrected chi connectivity index (χ0v) is 5.53. The molecule has 1 aliphatic rings. The molecule has 1 N–H and O–H groups in total. The molecule has 0 aromatic rings. The van der Waals surface area contributed by atoms with Gasteiger partial charge in [-0.3, -0.25) is 4.99 Å². The molecule has 0 saturated carbocycles. The largest absolute Gasteiger partial charge is 0.364 e. The molecular weight excluding hydrogens is 156 g/mol. The number of aliphatic imine (C=N–C) groups is 1. The standard InChI is InChI=1S/C4H7BrN2/c5-4-6-2-1-3-7-4/h1-3H2,(H,6,7). The fourth-order valence-electron chi connectivity index (χ4n) is 0.504. The zero-order valence-electron chi connectivity index (χ0n) is 3.95. The van der Waals surface area contributed by atoms with Crippen molar-refractivity contribution in [2.24, 2.45) is 4.99 Å². The number of rotatable bonds is 0. The van der Waals surface area contributed by atoms with E-state index in [9.17, 15) is 0 Å². The van der Waals surface area contributed by atoms with Crippen LogP contribution in [0, 0.1) is 0 Å². The van der Waals surface area contributed by atoms with Crippen LogP contribution < -0.4 is 5.32 Å². The van der Waals surface area contributed by atoms with Gasteiger partial charge in [-0.15, -0.1) is 0 Å². The maximum atomic E-state index is 4.05. The summed E-state index contributed by atoms with van der Waals surface area (Å²) in [5.74, 6) is 0. The van der Waals surface area contributed by atoms with Gasteiger partial charge in [0.1, 0.15) is 0 Å². The normalized spacial score (nSPS) is 20.4. The summed E-state index contributed by atoms with van der Waals surface area (Å²) in [6, 6.07) is 0. The summed E-state index contributed by atoms with van der Waals surface area (Å²) in [4.78, 5) is 4.05. The van der Waals surface area contributed by atoms with Crippen LogP contribution in [0.3, 0.4) is 0 Å². The fourth-order valence-corrected chi connectivity index (χ4v) is 0.879. The molecule has 2 nitrogen and oxygen atoms in total. The van der Waals surface area contributed by atoms with Crippen molar-refractivity contribution in [1.82, 2.24) is 5.32 Å². The first-order chi connectivity index (χ1) is 3.39. The number of nitrogens with one attached hydrogen (secondary N) is 1. The number of hydrogen-bond donors (Lipinski definition) is 1. The van der Waals surface area contributed by atoms with E-state index in [-0.39, 0.29) is 0 Å². The lowest BCUT2D eigenvalue weighted by Gasteiger charge is -2.07. The van der Waals surface area contributed by atoms with Crippen LogP contribution >= 0.6 is 15.9 Å². The summed E-state index contributed by atoms with van der Waals surface area (Å²) < 4.78 is 0.902. The van der Waals surface area contributed by atoms with E-state index in [2.05, 4.69) is 26.2 Å². The highest BCUT2D eigenvalue weighted by molar-refractivity contribution is 9.18. The van der Waals surface area contributed by atoms with Gasteiger partial charge in [-0.1, -0.05) is 0 Å². The fraction of sp³-hybridized carbons (Fsp3) is 0.750. The van der Waals surface area contributed by atoms with Gasteiger partial charge in [-0.2, -0.15) is 0 Å². The molecule has 7 heavy (non-hydrogen) atoms. The van der Waals surface area contributed by atoms with Crippen LogP contribution in [0.15, 0.2) is 4.99 Å². The van der Waals surface area contributed by atoms with E-state index >= 15 is 0 Å². The van der Waals surface area contributed by atoms with E-state index in [1.807, 2.05) is 0 Å². The monoisotopic (exact) mass is 162 g/mol. The Bertz CT molecular complexity index is 89.7. The summed E-state index contributed by atoms with van der Waals surface area (Å²) >= 11 is 3.23. The molecule has 0 fully saturated rings. The molecular formula is C4H7BrN2. The van der Waals surface area contributed by atoms with Crippen LogP contribution in [0.2, 0.25) is 0 Å². The summed E-state index contributed by atoms with van der Waals surface area (Å²) in [5.41, 5.74) is 0. The van der Waals surface area contributed by atoms with E-state index in [0.717, 1.165) is 24.3 Å². The van der Waals surface area contributed by atoms with Gasteiger partial charge >= 0.3 is 0 Å². The third kappa shape index (κ3) is 1.47. The molecule has 0 atom stereocenters. The molecule has 0 radical (unpaired) electrons. The Hall–Kier alpha value is -0.0500. The van der Waals surface area contributed by atoms with Crippen molar-refractivity contribution in [3.8, 4) is 0 Å². The molecule has 3 heteroatoms. The topological polar surface area (TPSA) is 24.4 Å². The van der Waals surface area contributed by atoms with Crippen LogP contribution in [0.25, 0.3) is 0 Å². The lowest BCUT2D eigenvalue weighted by Crippen LogP contribution is -2.24. The molecule has 0 spiro atoms. The van der Waals surface area contributed by atoms with Crippen molar-refractivity contribution in [2.45, 2.75) is 6.42 Å². The van der Waals surface area contributed by atoms with Gasteiger partial charge in [-0.05, 0) is 22.4 Å². The summed E-state index contributed by atoms with van der Waals surface area (Å²) in [7, 11) is 0. The van der Waals surface area contributed by atoms with Crippen molar-refractivity contribution in [1.29, 1.82) is 0 Å². The van der Waals surface area contributed by atoms with Gasteiger partial charge < -0.3 is 5.32 Å². The molecule has 0 aliphatic carbocycles. The minimum absolute atomic E-state index is 0.902. The van der Waals surface area contributed by atoms with E-state index in [1.54, 1.807) is 0 Å². The number of halogens is 1. The van der Waals surface area contributed by atoms with E-state index in [4.69, 9.17) is 0 Å². The highest BCUT2D eigenvalue weighted by Gasteiger charge is 1.95. The minimum atomic E-state index is 0.902. The molecule has 40 valence electrons. The van der Waals surface area contributed by atoms with Crippen LogP contribution in [0.4, 0.5) is 0 Å². The highest BCUT2D eigenvalue weighted by Crippen LogP contribution is 1.93. The minimum Gasteiger partial charge on any atom is -0.364 e. The van der Waals surface area contributed by atoms with Gasteiger partial charge in [0.15, 0.2) is 4.74 Å². The van der Waals surface area contributed by atoms with Crippen molar-refractivity contribution in [3.05, 3.63) is 0 Å². The maximum absolute atomic E-state index is 4.05. The highest BCUT2D eigenvalue weighted by atomic mass is 79.9. The van der Waals surface area contributed by atoms with E-state index in [0.29, 0.717) is 0 Å². The predicted molar refractivity (Wildman–Crippen MR) is 33.8 cm³/mol. The van der Waals surface area contributed by atoms with Crippen LogP contribution in [0.1, 0.15) is 6.42 Å². The van der Waals surface area contributed by atoms with Gasteiger partial charge in [0, 0.05) is 13.1 Å². The van der Waals surface area contributed by atoms with E-state index < -0.39 is 0 Å². The SMILES string of the molecule is BrC1=NCCCN1. The van der Waals surface area contributed by atoms with Crippen molar-refractivity contribution in [3.63, 3.8) is 0 Å². The average Bonchev–Trinajstić information content (AvgIpc) is 1.69. The Morgan fingerprint density at radius 1 is 1.71 bits per heavy atom. The second-order valence-electron chi connectivity index (χ2n) is 1.45. The maximum Gasteiger partial charge on any atom is 0.165 e. The van der Waals surface area contributed by atoms with E-state index in [1.165, 1.54) is 0 Å². The second kappa shape index (κ2) is 2.31. The van der Waals surface area contributed by atoms with Crippen molar-refractivity contribution in [2.75, 3.05) is 13.1 Å². The van der Waals surface area contributed by atoms with Crippen molar-refractivity contribution < 1.29 is 0 Å². The zero-order chi connectivity index (χ0) is 5.11. The quantitative estimate of drug-likeness (QED) is 0.523. The molecule has 1 aliphatic heterocycles.